The topological polar surface area (TPSA) is 102 Å². The van der Waals surface area contributed by atoms with E-state index < -0.39 is 18.1 Å². The Morgan fingerprint density at radius 1 is 0.517 bits per heavy atom. The van der Waals surface area contributed by atoms with Gasteiger partial charge in [0, 0.05) is 19.3 Å². The molecule has 0 heterocycles. The lowest BCUT2D eigenvalue weighted by molar-refractivity contribution is -0.889. The molecule has 0 bridgehead atoms. The molecule has 8 nitrogen and oxygen atoms in total. The van der Waals surface area contributed by atoms with Crippen molar-refractivity contribution in [2.75, 3.05) is 41.0 Å². The van der Waals surface area contributed by atoms with Crippen molar-refractivity contribution in [1.82, 2.24) is 0 Å². The molecular formula is C50H83NO7. The van der Waals surface area contributed by atoms with Crippen molar-refractivity contribution in [2.45, 2.75) is 174 Å². The van der Waals surface area contributed by atoms with Crippen LogP contribution in [0.15, 0.2) is 85.1 Å². The molecule has 0 aromatic carbocycles. The van der Waals surface area contributed by atoms with Gasteiger partial charge in [0.1, 0.15) is 12.6 Å². The molecule has 0 aliphatic carbocycles. The van der Waals surface area contributed by atoms with Gasteiger partial charge in [0.2, 0.25) is 0 Å². The predicted octanol–water partition coefficient (Wildman–Crippen LogP) is 11.2. The Morgan fingerprint density at radius 2 is 0.914 bits per heavy atom. The number of esters is 2. The zero-order valence-corrected chi connectivity index (χ0v) is 37.4. The summed E-state index contributed by atoms with van der Waals surface area (Å²) in [6.45, 7) is 4.38. The summed E-state index contributed by atoms with van der Waals surface area (Å²) in [6.07, 6.45) is 51.8. The van der Waals surface area contributed by atoms with E-state index >= 15 is 0 Å². The number of nitrogens with zero attached hydrogens (tertiary/aromatic N) is 1. The number of carboxylic acids is 1. The molecule has 0 aromatic heterocycles. The first-order valence-electron chi connectivity index (χ1n) is 22.6. The molecule has 0 amide bonds. The molecule has 0 N–H and O–H groups in total. The van der Waals surface area contributed by atoms with E-state index in [0.29, 0.717) is 12.8 Å². The molecule has 0 aromatic rings. The van der Waals surface area contributed by atoms with Crippen LogP contribution in [0.5, 0.6) is 0 Å². The van der Waals surface area contributed by atoms with Crippen LogP contribution in [0.4, 0.5) is 0 Å². The molecule has 0 saturated carbocycles. The van der Waals surface area contributed by atoms with E-state index in [0.717, 1.165) is 103 Å². The number of unbranched alkanes of at least 4 members (excludes halogenated alkanes) is 11. The third-order valence-corrected chi connectivity index (χ3v) is 9.53. The molecule has 0 saturated heterocycles. The van der Waals surface area contributed by atoms with Gasteiger partial charge < -0.3 is 28.6 Å². The second-order valence-corrected chi connectivity index (χ2v) is 15.9. The number of carbonyl (C=O) groups is 3. The fraction of sp³-hybridized carbons (Fsp3) is 0.660. The summed E-state index contributed by atoms with van der Waals surface area (Å²) in [4.78, 5) is 36.9. The summed E-state index contributed by atoms with van der Waals surface area (Å²) in [5.41, 5.74) is 0. The Balaban J connectivity index is 4.36. The van der Waals surface area contributed by atoms with Gasteiger partial charge in [-0.3, -0.25) is 9.59 Å². The van der Waals surface area contributed by atoms with E-state index in [1.54, 1.807) is 21.1 Å². The fourth-order valence-electron chi connectivity index (χ4n) is 6.07. The van der Waals surface area contributed by atoms with E-state index in [9.17, 15) is 19.5 Å². The number of hydrogen-bond acceptors (Lipinski definition) is 7. The number of likely N-dealkylation sites (N-methyl/N-ethyl adjacent to an activating group) is 1. The Bertz CT molecular complexity index is 1220. The fourth-order valence-corrected chi connectivity index (χ4v) is 6.07. The van der Waals surface area contributed by atoms with Crippen LogP contribution in [0.3, 0.4) is 0 Å². The molecule has 0 aliphatic heterocycles. The average Bonchev–Trinajstić information content (AvgIpc) is 3.18. The van der Waals surface area contributed by atoms with Gasteiger partial charge in [-0.1, -0.05) is 144 Å². The maximum atomic E-state index is 12.7. The summed E-state index contributed by atoms with van der Waals surface area (Å²) >= 11 is 0. The lowest BCUT2D eigenvalue weighted by atomic mass is 10.1. The minimum atomic E-state index is -1.13. The summed E-state index contributed by atoms with van der Waals surface area (Å²) in [7, 11) is 5.39. The Hall–Kier alpha value is -3.49. The molecule has 0 aliphatic rings. The summed E-state index contributed by atoms with van der Waals surface area (Å²) in [5, 5.41) is 11.6. The van der Waals surface area contributed by atoms with Crippen LogP contribution >= 0.6 is 0 Å². The zero-order valence-electron chi connectivity index (χ0n) is 37.4. The molecule has 2 unspecified atom stereocenters. The highest BCUT2D eigenvalue weighted by Crippen LogP contribution is 2.13. The highest BCUT2D eigenvalue weighted by Gasteiger charge is 2.25. The number of carbonyl (C=O) groups excluding carboxylic acids is 3. The van der Waals surface area contributed by atoms with E-state index in [1.165, 1.54) is 25.7 Å². The molecule has 58 heavy (non-hydrogen) atoms. The van der Waals surface area contributed by atoms with Gasteiger partial charge in [0.15, 0.2) is 6.10 Å². The minimum Gasteiger partial charge on any atom is -0.544 e. The highest BCUT2D eigenvalue weighted by atomic mass is 16.6. The monoisotopic (exact) mass is 810 g/mol. The van der Waals surface area contributed by atoms with Gasteiger partial charge in [-0.25, -0.2) is 0 Å². The van der Waals surface area contributed by atoms with E-state index in [1.807, 2.05) is 0 Å². The van der Waals surface area contributed by atoms with E-state index in [2.05, 4.69) is 98.9 Å². The quantitative estimate of drug-likeness (QED) is 0.0264. The average molecular weight is 810 g/mol. The number of quaternary nitrogens is 1. The van der Waals surface area contributed by atoms with Gasteiger partial charge in [0.25, 0.3) is 0 Å². The van der Waals surface area contributed by atoms with Crippen LogP contribution in [-0.2, 0) is 28.6 Å². The van der Waals surface area contributed by atoms with Gasteiger partial charge in [0.05, 0.1) is 40.3 Å². The maximum absolute atomic E-state index is 12.7. The molecule has 2 atom stereocenters. The van der Waals surface area contributed by atoms with Gasteiger partial charge >= 0.3 is 11.9 Å². The molecule has 0 fully saturated rings. The summed E-state index contributed by atoms with van der Waals surface area (Å²) in [6, 6.07) is -0.736. The lowest BCUT2D eigenvalue weighted by Crippen LogP contribution is -2.55. The molecular weight excluding hydrogens is 727 g/mol. The minimum absolute atomic E-state index is 0.0230. The number of ether oxygens (including phenoxy) is 3. The number of hydrogen-bond donors (Lipinski definition) is 0. The van der Waals surface area contributed by atoms with Crippen LogP contribution in [-0.4, -0.2) is 75.5 Å². The van der Waals surface area contributed by atoms with Crippen molar-refractivity contribution in [3.05, 3.63) is 85.1 Å². The number of carboxylic acid groups (broad SMARTS) is 1. The van der Waals surface area contributed by atoms with Crippen LogP contribution < -0.4 is 5.11 Å². The van der Waals surface area contributed by atoms with Crippen LogP contribution in [0.1, 0.15) is 162 Å². The highest BCUT2D eigenvalue weighted by molar-refractivity contribution is 5.70. The van der Waals surface area contributed by atoms with Gasteiger partial charge in [-0.15, -0.1) is 0 Å². The third kappa shape index (κ3) is 38.1. The predicted molar refractivity (Wildman–Crippen MR) is 240 cm³/mol. The van der Waals surface area contributed by atoms with Gasteiger partial charge in [-0.05, 0) is 83.5 Å². The first kappa shape index (κ1) is 54.5. The van der Waals surface area contributed by atoms with Crippen molar-refractivity contribution >= 4 is 17.9 Å². The first-order chi connectivity index (χ1) is 28.1. The smallest absolute Gasteiger partial charge is 0.306 e. The number of allylic oxidation sites excluding steroid dienone is 14. The summed E-state index contributed by atoms with van der Waals surface area (Å²) < 4.78 is 17.1. The second-order valence-electron chi connectivity index (χ2n) is 15.9. The number of rotatable bonds is 39. The van der Waals surface area contributed by atoms with Gasteiger partial charge in [-0.2, -0.15) is 0 Å². The maximum Gasteiger partial charge on any atom is 0.306 e. The second kappa shape index (κ2) is 40.3. The molecule has 0 rings (SSSR count). The van der Waals surface area contributed by atoms with Crippen molar-refractivity contribution in [3.8, 4) is 0 Å². The Labute approximate surface area is 354 Å². The lowest BCUT2D eigenvalue weighted by Gasteiger charge is -2.34. The summed E-state index contributed by atoms with van der Waals surface area (Å²) in [5.74, 6) is -1.79. The normalized spacial score (nSPS) is 13.7. The Morgan fingerprint density at radius 3 is 1.36 bits per heavy atom. The largest absolute Gasteiger partial charge is 0.544 e. The molecule has 0 spiro atoms. The van der Waals surface area contributed by atoms with Crippen molar-refractivity contribution < 1.29 is 38.2 Å². The molecule has 0 radical (unpaired) electrons. The van der Waals surface area contributed by atoms with Crippen LogP contribution in [0, 0.1) is 0 Å². The van der Waals surface area contributed by atoms with E-state index in [-0.39, 0.29) is 42.7 Å². The van der Waals surface area contributed by atoms with Crippen molar-refractivity contribution in [3.63, 3.8) is 0 Å². The number of aliphatic carboxylic acids is 1. The Kier molecular flexibility index (Phi) is 37.9. The SMILES string of the molecule is CC/C=C\C/C=C\C/C=C\C/C=C\CCCCCCCCCCC(=O)OC(COCCC(C(=O)[O-])[N+](C)(C)C)COC(=O)CCCCC/C=C\C/C=C\C/C=C\CC. The standard InChI is InChI=1S/C50H83NO7/c1-6-8-10-12-14-16-18-20-21-22-23-24-25-26-27-29-31-33-35-37-39-41-49(53)58-46(44-56-43-42-47(50(54)55)51(3,4)5)45-57-48(52)40-38-36-34-32-30-28-19-17-15-13-11-9-7-2/h8-11,14-17,20-21,23-24,28,30,46-47H,6-7,12-13,18-19,22,25-27,29,31-45H2,1-5H3/b10-8-,11-9-,16-14-,17-15-,21-20-,24-23-,30-28-. The first-order valence-corrected chi connectivity index (χ1v) is 22.6. The zero-order chi connectivity index (χ0) is 42.8. The third-order valence-electron chi connectivity index (χ3n) is 9.53. The van der Waals surface area contributed by atoms with E-state index in [4.69, 9.17) is 14.2 Å². The van der Waals surface area contributed by atoms with Crippen molar-refractivity contribution in [2.24, 2.45) is 0 Å². The molecule has 8 heteroatoms. The van der Waals surface area contributed by atoms with Crippen LogP contribution in [0.2, 0.25) is 0 Å². The van der Waals surface area contributed by atoms with Crippen LogP contribution in [0.25, 0.3) is 0 Å². The molecule has 330 valence electrons. The van der Waals surface area contributed by atoms with Crippen molar-refractivity contribution in [1.29, 1.82) is 0 Å².